The van der Waals surface area contributed by atoms with Crippen LogP contribution in [-0.2, 0) is 33.9 Å². The highest BCUT2D eigenvalue weighted by Gasteiger charge is 2.42. The first kappa shape index (κ1) is 29.6. The molecule has 1 aromatic carbocycles. The molecule has 2 atom stereocenters. The van der Waals surface area contributed by atoms with Crippen LogP contribution in [0.25, 0.3) is 0 Å². The van der Waals surface area contributed by atoms with Crippen molar-refractivity contribution >= 4 is 23.5 Å². The van der Waals surface area contributed by atoms with E-state index < -0.39 is 11.6 Å². The number of halogens is 1. The van der Waals surface area contributed by atoms with Gasteiger partial charge < -0.3 is 19.3 Å². The minimum absolute atomic E-state index is 0.0498. The van der Waals surface area contributed by atoms with Crippen LogP contribution in [0.3, 0.4) is 0 Å². The number of unbranched alkanes of at least 4 members (excludes halogenated alkanes) is 1. The summed E-state index contributed by atoms with van der Waals surface area (Å²) in [5.74, 6) is 0.647. The number of carbonyl (C=O) groups excluding carboxylic acids is 2. The highest BCUT2D eigenvalue weighted by atomic mass is 35.5. The van der Waals surface area contributed by atoms with Gasteiger partial charge in [0, 0.05) is 19.5 Å². The van der Waals surface area contributed by atoms with Gasteiger partial charge in [-0.25, -0.2) is 9.78 Å². The molecule has 0 bridgehead atoms. The van der Waals surface area contributed by atoms with Gasteiger partial charge in [-0.2, -0.15) is 0 Å². The van der Waals surface area contributed by atoms with Gasteiger partial charge in [-0.1, -0.05) is 62.1 Å². The lowest BCUT2D eigenvalue weighted by atomic mass is 9.83. The number of aryl methyl sites for hydroxylation is 1. The molecule has 2 unspecified atom stereocenters. The predicted molar refractivity (Wildman–Crippen MR) is 153 cm³/mol. The minimum Gasteiger partial charge on any atom is -0.458 e. The standard InChI is InChI=1S/C31H44ClN3O4/c1-5-6-13-26-33-28(32)25(20-36)35(26)19-21-14-16-23(17-15-21)27(22-10-7-8-11-22)29(37)34-18-9-12-24(34)30(38)39-31(2,3)4/h14-17,22,24,27,36H,5-13,18-20H2,1-4H3. The summed E-state index contributed by atoms with van der Waals surface area (Å²) >= 11 is 6.33. The molecule has 2 heterocycles. The second-order valence-electron chi connectivity index (χ2n) is 12.1. The van der Waals surface area contributed by atoms with Gasteiger partial charge in [-0.15, -0.1) is 0 Å². The number of hydrogen-bond donors (Lipinski definition) is 1. The fourth-order valence-corrected chi connectivity index (χ4v) is 6.37. The van der Waals surface area contributed by atoms with Crippen molar-refractivity contribution in [3.05, 3.63) is 52.1 Å². The van der Waals surface area contributed by atoms with Gasteiger partial charge in [0.25, 0.3) is 0 Å². The van der Waals surface area contributed by atoms with Gasteiger partial charge >= 0.3 is 5.97 Å². The second kappa shape index (κ2) is 12.9. The summed E-state index contributed by atoms with van der Waals surface area (Å²) in [4.78, 5) is 33.3. The fraction of sp³-hybridized carbons (Fsp3) is 0.645. The molecule has 2 aliphatic rings. The third kappa shape index (κ3) is 7.04. The number of esters is 1. The van der Waals surface area contributed by atoms with Crippen LogP contribution in [0.2, 0.25) is 5.15 Å². The molecule has 8 heteroatoms. The van der Waals surface area contributed by atoms with Crippen LogP contribution >= 0.6 is 11.6 Å². The highest BCUT2D eigenvalue weighted by molar-refractivity contribution is 6.30. The van der Waals surface area contributed by atoms with Gasteiger partial charge in [0.15, 0.2) is 5.15 Å². The van der Waals surface area contributed by atoms with Crippen LogP contribution < -0.4 is 0 Å². The van der Waals surface area contributed by atoms with E-state index in [4.69, 9.17) is 16.3 Å². The van der Waals surface area contributed by atoms with E-state index in [0.29, 0.717) is 30.4 Å². The second-order valence-corrected chi connectivity index (χ2v) is 12.5. The lowest BCUT2D eigenvalue weighted by Crippen LogP contribution is -2.46. The van der Waals surface area contributed by atoms with Gasteiger partial charge in [0.2, 0.25) is 5.91 Å². The largest absolute Gasteiger partial charge is 0.458 e. The summed E-state index contributed by atoms with van der Waals surface area (Å²) in [6.45, 7) is 8.72. The maximum atomic E-state index is 14.1. The molecule has 7 nitrogen and oxygen atoms in total. The molecule has 1 aromatic heterocycles. The molecular weight excluding hydrogens is 514 g/mol. The zero-order valence-corrected chi connectivity index (χ0v) is 24.7. The van der Waals surface area contributed by atoms with Crippen LogP contribution in [-0.4, -0.2) is 49.6 Å². The van der Waals surface area contributed by atoms with Crippen molar-refractivity contribution in [3.8, 4) is 0 Å². The average Bonchev–Trinajstić information content (AvgIpc) is 3.64. The smallest absolute Gasteiger partial charge is 0.329 e. The van der Waals surface area contributed by atoms with Crippen LogP contribution in [0, 0.1) is 5.92 Å². The zero-order valence-electron chi connectivity index (χ0n) is 23.9. The normalized spacial score (nSPS) is 19.0. The van der Waals surface area contributed by atoms with Gasteiger partial charge in [0.1, 0.15) is 17.5 Å². The molecular formula is C31H44ClN3O4. The Balaban J connectivity index is 1.57. The number of ether oxygens (including phenoxy) is 1. The Morgan fingerprint density at radius 1 is 1.13 bits per heavy atom. The lowest BCUT2D eigenvalue weighted by Gasteiger charge is -2.32. The molecule has 1 amide bonds. The summed E-state index contributed by atoms with van der Waals surface area (Å²) in [7, 11) is 0. The van der Waals surface area contributed by atoms with Crippen molar-refractivity contribution in [2.45, 2.75) is 116 Å². The van der Waals surface area contributed by atoms with E-state index >= 15 is 0 Å². The minimum atomic E-state index is -0.583. The van der Waals surface area contributed by atoms with Crippen LogP contribution in [0.5, 0.6) is 0 Å². The topological polar surface area (TPSA) is 84.7 Å². The Morgan fingerprint density at radius 3 is 2.44 bits per heavy atom. The summed E-state index contributed by atoms with van der Waals surface area (Å²) in [5.41, 5.74) is 2.11. The van der Waals surface area contributed by atoms with Crippen molar-refractivity contribution in [3.63, 3.8) is 0 Å². The van der Waals surface area contributed by atoms with E-state index in [2.05, 4.69) is 36.2 Å². The molecule has 214 valence electrons. The van der Waals surface area contributed by atoms with E-state index in [0.717, 1.165) is 68.3 Å². The Morgan fingerprint density at radius 2 is 1.82 bits per heavy atom. The van der Waals surface area contributed by atoms with E-state index in [1.54, 1.807) is 4.90 Å². The fourth-order valence-electron chi connectivity index (χ4n) is 6.11. The predicted octanol–water partition coefficient (Wildman–Crippen LogP) is 6.03. The van der Waals surface area contributed by atoms with Crippen molar-refractivity contribution in [2.24, 2.45) is 5.92 Å². The van der Waals surface area contributed by atoms with E-state index in [1.807, 2.05) is 25.3 Å². The molecule has 0 radical (unpaired) electrons. The van der Waals surface area contributed by atoms with Crippen molar-refractivity contribution in [1.82, 2.24) is 14.5 Å². The van der Waals surface area contributed by atoms with Crippen LogP contribution in [0.15, 0.2) is 24.3 Å². The monoisotopic (exact) mass is 557 g/mol. The van der Waals surface area contributed by atoms with Gasteiger partial charge in [0.05, 0.1) is 18.2 Å². The first-order chi connectivity index (χ1) is 18.6. The zero-order chi connectivity index (χ0) is 28.2. The number of amides is 1. The molecule has 1 saturated carbocycles. The number of carbonyl (C=O) groups is 2. The Hall–Kier alpha value is -2.38. The number of likely N-dealkylation sites (tertiary alicyclic amines) is 1. The number of imidazole rings is 1. The summed E-state index contributed by atoms with van der Waals surface area (Å²) in [6, 6.07) is 7.76. The van der Waals surface area contributed by atoms with Crippen molar-refractivity contribution < 1.29 is 19.4 Å². The van der Waals surface area contributed by atoms with Crippen LogP contribution in [0.1, 0.15) is 108 Å². The SMILES string of the molecule is CCCCc1nc(Cl)c(CO)n1Cc1ccc(C(C(=O)N2CCCC2C(=O)OC(C)(C)C)C2CCCC2)cc1. The van der Waals surface area contributed by atoms with E-state index in [9.17, 15) is 14.7 Å². The molecule has 39 heavy (non-hydrogen) atoms. The highest BCUT2D eigenvalue weighted by Crippen LogP contribution is 2.40. The van der Waals surface area contributed by atoms with Crippen molar-refractivity contribution in [2.75, 3.05) is 6.54 Å². The maximum absolute atomic E-state index is 14.1. The Bertz CT molecular complexity index is 1130. The van der Waals surface area contributed by atoms with Crippen LogP contribution in [0.4, 0.5) is 0 Å². The molecule has 2 aromatic rings. The summed E-state index contributed by atoms with van der Waals surface area (Å²) < 4.78 is 7.69. The molecule has 1 aliphatic carbocycles. The number of benzene rings is 1. The quantitative estimate of drug-likeness (QED) is 0.361. The number of hydrogen-bond acceptors (Lipinski definition) is 5. The van der Waals surface area contributed by atoms with E-state index in [-0.39, 0.29) is 30.3 Å². The number of nitrogens with zero attached hydrogens (tertiary/aromatic N) is 3. The number of aromatic nitrogens is 2. The number of aliphatic hydroxyl groups is 1. The molecule has 0 spiro atoms. The first-order valence-corrected chi connectivity index (χ1v) is 15.0. The molecule has 4 rings (SSSR count). The Kier molecular flexibility index (Phi) is 9.76. The first-order valence-electron chi connectivity index (χ1n) is 14.6. The average molecular weight is 558 g/mol. The lowest BCUT2D eigenvalue weighted by molar-refractivity contribution is -0.163. The van der Waals surface area contributed by atoms with Crippen molar-refractivity contribution in [1.29, 1.82) is 0 Å². The molecule has 1 saturated heterocycles. The summed E-state index contributed by atoms with van der Waals surface area (Å²) in [5, 5.41) is 10.3. The third-order valence-corrected chi connectivity index (χ3v) is 8.34. The summed E-state index contributed by atoms with van der Waals surface area (Å²) in [6.07, 6.45) is 8.64. The van der Waals surface area contributed by atoms with Gasteiger partial charge in [-0.05, 0) is 69.9 Å². The molecule has 2 fully saturated rings. The number of aliphatic hydroxyl groups excluding tert-OH is 1. The third-order valence-electron chi connectivity index (χ3n) is 8.04. The number of rotatable bonds is 10. The Labute approximate surface area is 237 Å². The van der Waals surface area contributed by atoms with E-state index in [1.165, 1.54) is 0 Å². The maximum Gasteiger partial charge on any atom is 0.329 e. The molecule has 1 aliphatic heterocycles. The van der Waals surface area contributed by atoms with Gasteiger partial charge in [-0.3, -0.25) is 4.79 Å². The molecule has 1 N–H and O–H groups in total.